The van der Waals surface area contributed by atoms with Crippen LogP contribution in [0.5, 0.6) is 0 Å². The second-order valence-corrected chi connectivity index (χ2v) is 8.39. The number of nitrogens with zero attached hydrogens (tertiary/aromatic N) is 3. The number of imidazole rings is 1. The van der Waals surface area contributed by atoms with Gasteiger partial charge in [0.25, 0.3) is 0 Å². The molecule has 0 bridgehead atoms. The minimum absolute atomic E-state index is 0.194. The molecule has 1 aromatic heterocycles. The molecule has 1 aromatic carbocycles. The second kappa shape index (κ2) is 7.53. The van der Waals surface area contributed by atoms with Crippen molar-refractivity contribution < 1.29 is 13.2 Å². The van der Waals surface area contributed by atoms with Crippen LogP contribution in [-0.4, -0.2) is 53.6 Å². The molecule has 1 atom stereocenters. The maximum absolute atomic E-state index is 12.4. The van der Waals surface area contributed by atoms with Crippen molar-refractivity contribution in [2.75, 3.05) is 19.3 Å². The van der Waals surface area contributed by atoms with Gasteiger partial charge in [-0.05, 0) is 31.4 Å². The Morgan fingerprint density at radius 2 is 2.12 bits per heavy atom. The Labute approximate surface area is 148 Å². The van der Waals surface area contributed by atoms with Crippen LogP contribution in [0, 0.1) is 0 Å². The lowest BCUT2D eigenvalue weighted by Gasteiger charge is -2.32. The Morgan fingerprint density at radius 3 is 2.92 bits per heavy atom. The molecule has 1 amide bonds. The van der Waals surface area contributed by atoms with E-state index in [9.17, 15) is 13.2 Å². The van der Waals surface area contributed by atoms with E-state index < -0.39 is 16.1 Å². The van der Waals surface area contributed by atoms with Crippen molar-refractivity contribution in [3.63, 3.8) is 0 Å². The molecular weight excluding hydrogens is 340 g/mol. The van der Waals surface area contributed by atoms with Gasteiger partial charge in [-0.2, -0.15) is 4.31 Å². The van der Waals surface area contributed by atoms with Crippen molar-refractivity contribution in [3.8, 4) is 0 Å². The summed E-state index contributed by atoms with van der Waals surface area (Å²) >= 11 is 0. The number of amides is 1. The lowest BCUT2D eigenvalue weighted by Crippen LogP contribution is -2.51. The number of aromatic nitrogens is 2. The van der Waals surface area contributed by atoms with E-state index in [1.807, 2.05) is 24.3 Å². The van der Waals surface area contributed by atoms with Crippen LogP contribution in [0.2, 0.25) is 0 Å². The fourth-order valence-electron chi connectivity index (χ4n) is 3.33. The highest BCUT2D eigenvalue weighted by molar-refractivity contribution is 7.88. The number of para-hydroxylation sites is 2. The van der Waals surface area contributed by atoms with Crippen molar-refractivity contribution >= 4 is 27.0 Å². The zero-order valence-electron chi connectivity index (χ0n) is 14.4. The Morgan fingerprint density at radius 1 is 1.32 bits per heavy atom. The summed E-state index contributed by atoms with van der Waals surface area (Å²) in [6.45, 7) is 1.69. The van der Waals surface area contributed by atoms with E-state index in [-0.39, 0.29) is 5.91 Å². The number of aryl methyl sites for hydroxylation is 1. The van der Waals surface area contributed by atoms with Crippen molar-refractivity contribution in [2.45, 2.75) is 38.3 Å². The zero-order chi connectivity index (χ0) is 17.9. The van der Waals surface area contributed by atoms with Crippen LogP contribution in [0.1, 0.15) is 25.7 Å². The van der Waals surface area contributed by atoms with Gasteiger partial charge >= 0.3 is 0 Å². The number of nitrogens with one attached hydrogen (secondary N) is 1. The fraction of sp³-hybridized carbons (Fsp3) is 0.529. The number of rotatable bonds is 6. The topological polar surface area (TPSA) is 84.3 Å². The molecule has 7 nitrogen and oxygen atoms in total. The lowest BCUT2D eigenvalue weighted by atomic mass is 10.0. The molecule has 2 aromatic rings. The van der Waals surface area contributed by atoms with Gasteiger partial charge in [0, 0.05) is 19.6 Å². The van der Waals surface area contributed by atoms with Crippen LogP contribution in [-0.2, 0) is 21.4 Å². The summed E-state index contributed by atoms with van der Waals surface area (Å²) < 4.78 is 27.1. The predicted octanol–water partition coefficient (Wildman–Crippen LogP) is 1.36. The van der Waals surface area contributed by atoms with Crippen LogP contribution < -0.4 is 5.32 Å². The Kier molecular flexibility index (Phi) is 5.39. The summed E-state index contributed by atoms with van der Waals surface area (Å²) in [6, 6.07) is 7.35. The zero-order valence-corrected chi connectivity index (χ0v) is 15.2. The normalized spacial score (nSPS) is 19.2. The van der Waals surface area contributed by atoms with Gasteiger partial charge in [0.15, 0.2) is 0 Å². The molecule has 0 aliphatic carbocycles. The van der Waals surface area contributed by atoms with E-state index >= 15 is 0 Å². The summed E-state index contributed by atoms with van der Waals surface area (Å²) in [4.78, 5) is 16.7. The molecule has 0 radical (unpaired) electrons. The number of fused-ring (bicyclic) bond motifs is 1. The quantitative estimate of drug-likeness (QED) is 0.785. The molecule has 1 aliphatic heterocycles. The molecule has 1 unspecified atom stereocenters. The van der Waals surface area contributed by atoms with Gasteiger partial charge < -0.3 is 9.88 Å². The monoisotopic (exact) mass is 364 g/mol. The average molecular weight is 364 g/mol. The van der Waals surface area contributed by atoms with Crippen molar-refractivity contribution in [2.24, 2.45) is 0 Å². The first-order valence-corrected chi connectivity index (χ1v) is 10.5. The van der Waals surface area contributed by atoms with E-state index in [4.69, 9.17) is 0 Å². The first kappa shape index (κ1) is 17.9. The molecule has 8 heteroatoms. The molecule has 1 aliphatic rings. The molecule has 1 saturated heterocycles. The first-order chi connectivity index (χ1) is 12.0. The molecule has 3 rings (SSSR count). The summed E-state index contributed by atoms with van der Waals surface area (Å²) in [5.41, 5.74) is 2.03. The SMILES string of the molecule is CS(=O)(=O)N1CCCCC1C(=O)NCCCn1cnc2ccccc21. The highest BCUT2D eigenvalue weighted by Gasteiger charge is 2.34. The maximum Gasteiger partial charge on any atom is 0.238 e. The van der Waals surface area contributed by atoms with Gasteiger partial charge in [-0.25, -0.2) is 13.4 Å². The van der Waals surface area contributed by atoms with Gasteiger partial charge in [0.05, 0.1) is 23.6 Å². The van der Waals surface area contributed by atoms with Gasteiger partial charge in [0.2, 0.25) is 15.9 Å². The van der Waals surface area contributed by atoms with Crippen molar-refractivity contribution in [1.82, 2.24) is 19.2 Å². The Bertz CT molecular complexity index is 846. The molecule has 2 heterocycles. The van der Waals surface area contributed by atoms with Crippen LogP contribution in [0.25, 0.3) is 11.0 Å². The standard InChI is InChI=1S/C17H24N4O3S/c1-25(23,24)21-12-5-4-9-16(21)17(22)18-10-6-11-20-13-19-14-7-2-3-8-15(14)20/h2-3,7-8,13,16H,4-6,9-12H2,1H3,(H,18,22). The predicted molar refractivity (Wildman–Crippen MR) is 96.5 cm³/mol. The van der Waals surface area contributed by atoms with Crippen LogP contribution >= 0.6 is 0 Å². The lowest BCUT2D eigenvalue weighted by molar-refractivity contribution is -0.125. The van der Waals surface area contributed by atoms with Crippen LogP contribution in [0.3, 0.4) is 0 Å². The molecule has 0 spiro atoms. The number of carbonyl (C=O) groups excluding carboxylic acids is 1. The van der Waals surface area contributed by atoms with E-state index in [1.54, 1.807) is 6.33 Å². The average Bonchev–Trinajstić information content (AvgIpc) is 3.01. The molecule has 136 valence electrons. The van der Waals surface area contributed by atoms with Gasteiger partial charge in [-0.15, -0.1) is 0 Å². The number of sulfonamides is 1. The number of hydrogen-bond donors (Lipinski definition) is 1. The van der Waals surface area contributed by atoms with Crippen LogP contribution in [0.4, 0.5) is 0 Å². The van der Waals surface area contributed by atoms with Crippen molar-refractivity contribution in [3.05, 3.63) is 30.6 Å². The summed E-state index contributed by atoms with van der Waals surface area (Å²) in [6.07, 6.45) is 6.01. The smallest absolute Gasteiger partial charge is 0.238 e. The highest BCUT2D eigenvalue weighted by Crippen LogP contribution is 2.20. The summed E-state index contributed by atoms with van der Waals surface area (Å²) in [5, 5.41) is 2.89. The van der Waals surface area contributed by atoms with Crippen molar-refractivity contribution in [1.29, 1.82) is 0 Å². The summed E-state index contributed by atoms with van der Waals surface area (Å²) in [7, 11) is -3.35. The number of hydrogen-bond acceptors (Lipinski definition) is 4. The number of carbonyl (C=O) groups is 1. The third-order valence-corrected chi connectivity index (χ3v) is 5.87. The van der Waals surface area contributed by atoms with Gasteiger partial charge in [-0.1, -0.05) is 18.6 Å². The molecular formula is C17H24N4O3S. The number of benzene rings is 1. The number of piperidine rings is 1. The summed E-state index contributed by atoms with van der Waals surface area (Å²) in [5.74, 6) is -0.194. The highest BCUT2D eigenvalue weighted by atomic mass is 32.2. The molecule has 25 heavy (non-hydrogen) atoms. The van der Waals surface area contributed by atoms with Crippen LogP contribution in [0.15, 0.2) is 30.6 Å². The van der Waals surface area contributed by atoms with E-state index in [1.165, 1.54) is 10.6 Å². The third-order valence-electron chi connectivity index (χ3n) is 4.58. The molecule has 1 N–H and O–H groups in total. The Balaban J connectivity index is 1.52. The minimum Gasteiger partial charge on any atom is -0.355 e. The fourth-order valence-corrected chi connectivity index (χ4v) is 4.46. The van der Waals surface area contributed by atoms with Gasteiger partial charge in [0.1, 0.15) is 6.04 Å². The molecule has 1 fully saturated rings. The first-order valence-electron chi connectivity index (χ1n) is 8.61. The minimum atomic E-state index is -3.35. The van der Waals surface area contributed by atoms with E-state index in [0.29, 0.717) is 19.5 Å². The Hall–Kier alpha value is -1.93. The van der Waals surface area contributed by atoms with Gasteiger partial charge in [-0.3, -0.25) is 4.79 Å². The third kappa shape index (κ3) is 4.19. The van der Waals surface area contributed by atoms with E-state index in [0.717, 1.165) is 36.8 Å². The van der Waals surface area contributed by atoms with E-state index in [2.05, 4.69) is 14.9 Å². The maximum atomic E-state index is 12.4. The molecule has 0 saturated carbocycles. The largest absolute Gasteiger partial charge is 0.355 e. The second-order valence-electron chi connectivity index (χ2n) is 6.46.